The Morgan fingerprint density at radius 1 is 1.35 bits per heavy atom. The van der Waals surface area contributed by atoms with Crippen molar-refractivity contribution in [2.24, 2.45) is 0 Å². The second kappa shape index (κ2) is 4.76. The van der Waals surface area contributed by atoms with Gasteiger partial charge in [0.1, 0.15) is 5.69 Å². The van der Waals surface area contributed by atoms with Gasteiger partial charge in [0.05, 0.1) is 14.6 Å². The second-order valence-electron chi connectivity index (χ2n) is 5.59. The lowest BCUT2D eigenvalue weighted by Gasteiger charge is -2.37. The van der Waals surface area contributed by atoms with Gasteiger partial charge in [0.15, 0.2) is 0 Å². The third-order valence-electron chi connectivity index (χ3n) is 4.38. The fourth-order valence-corrected chi connectivity index (χ4v) is 4.49. The minimum atomic E-state index is 0.121. The number of nitrogens with zero attached hydrogens (tertiary/aromatic N) is 2. The molecule has 4 nitrogen and oxygen atoms in total. The molecule has 6 heteroatoms. The molecule has 2 aliphatic rings. The van der Waals surface area contributed by atoms with E-state index in [1.165, 1.54) is 30.7 Å². The molecule has 0 bridgehead atoms. The minimum Gasteiger partial charge on any atom is -0.350 e. The summed E-state index contributed by atoms with van der Waals surface area (Å²) in [6.45, 7) is 3.91. The van der Waals surface area contributed by atoms with Crippen LogP contribution in [0.15, 0.2) is 12.1 Å². The Balaban J connectivity index is 1.55. The van der Waals surface area contributed by atoms with Crippen LogP contribution in [0.2, 0.25) is 4.34 Å². The molecular formula is C14H16ClN3OS. The van der Waals surface area contributed by atoms with Crippen LogP contribution in [0.1, 0.15) is 23.3 Å². The molecular weight excluding hydrogens is 294 g/mol. The lowest BCUT2D eigenvalue weighted by atomic mass is 10.1. The Labute approximate surface area is 126 Å². The van der Waals surface area contributed by atoms with E-state index in [0.29, 0.717) is 11.7 Å². The molecule has 0 aromatic carbocycles. The molecule has 0 saturated carbocycles. The average Bonchev–Trinajstić information content (AvgIpc) is 3.09. The monoisotopic (exact) mass is 309 g/mol. The van der Waals surface area contributed by atoms with Gasteiger partial charge in [-0.05, 0) is 31.5 Å². The molecule has 2 fully saturated rings. The van der Waals surface area contributed by atoms with Gasteiger partial charge in [-0.15, -0.1) is 11.3 Å². The van der Waals surface area contributed by atoms with E-state index in [2.05, 4.69) is 9.88 Å². The van der Waals surface area contributed by atoms with Gasteiger partial charge in [0.2, 0.25) is 0 Å². The van der Waals surface area contributed by atoms with Gasteiger partial charge >= 0.3 is 0 Å². The quantitative estimate of drug-likeness (QED) is 0.880. The number of piperazine rings is 1. The highest BCUT2D eigenvalue weighted by Gasteiger charge is 2.33. The zero-order chi connectivity index (χ0) is 13.7. The number of rotatable bonds is 1. The van der Waals surface area contributed by atoms with Crippen LogP contribution in [0.4, 0.5) is 0 Å². The number of hydrogen-bond donors (Lipinski definition) is 1. The summed E-state index contributed by atoms with van der Waals surface area (Å²) in [6.07, 6.45) is 2.49. The molecule has 2 aromatic heterocycles. The number of thiophene rings is 1. The standard InChI is InChI=1S/C14H16ClN3OS/c15-13-7-10-12(20-13)6-11(16-10)14(19)18-5-4-17-3-1-2-9(17)8-18/h6-7,9,16H,1-5,8H2. The Morgan fingerprint density at radius 3 is 3.10 bits per heavy atom. The molecule has 1 N–H and O–H groups in total. The normalized spacial score (nSPS) is 23.4. The molecule has 0 radical (unpaired) electrons. The van der Waals surface area contributed by atoms with Gasteiger partial charge in [-0.1, -0.05) is 11.6 Å². The Hall–Kier alpha value is -1.04. The minimum absolute atomic E-state index is 0.121. The Bertz CT molecular complexity index is 633. The van der Waals surface area contributed by atoms with Crippen LogP contribution in [0.5, 0.6) is 0 Å². The molecule has 1 amide bonds. The maximum Gasteiger partial charge on any atom is 0.270 e. The second-order valence-corrected chi connectivity index (χ2v) is 7.31. The third kappa shape index (κ3) is 2.05. The molecule has 1 unspecified atom stereocenters. The zero-order valence-corrected chi connectivity index (χ0v) is 12.6. The predicted molar refractivity (Wildman–Crippen MR) is 81.7 cm³/mol. The van der Waals surface area contributed by atoms with Crippen LogP contribution in [0, 0.1) is 0 Å². The largest absolute Gasteiger partial charge is 0.350 e. The number of H-pyrrole nitrogens is 1. The molecule has 2 saturated heterocycles. The predicted octanol–water partition coefficient (Wildman–Crippen LogP) is 2.80. The summed E-state index contributed by atoms with van der Waals surface area (Å²) in [6, 6.07) is 4.38. The summed E-state index contributed by atoms with van der Waals surface area (Å²) in [4.78, 5) is 20.3. The molecule has 20 heavy (non-hydrogen) atoms. The van der Waals surface area contributed by atoms with E-state index in [1.54, 1.807) is 0 Å². The Kier molecular flexibility index (Phi) is 3.02. The maximum atomic E-state index is 12.6. The zero-order valence-electron chi connectivity index (χ0n) is 11.1. The van der Waals surface area contributed by atoms with Crippen molar-refractivity contribution in [2.45, 2.75) is 18.9 Å². The first-order valence-corrected chi connectivity index (χ1v) is 8.21. The van der Waals surface area contributed by atoms with Crippen LogP contribution in [0.3, 0.4) is 0 Å². The number of aromatic nitrogens is 1. The summed E-state index contributed by atoms with van der Waals surface area (Å²) in [7, 11) is 0. The first kappa shape index (κ1) is 12.7. The smallest absolute Gasteiger partial charge is 0.270 e. The summed E-state index contributed by atoms with van der Waals surface area (Å²) in [5.41, 5.74) is 1.65. The van der Waals surface area contributed by atoms with Crippen molar-refractivity contribution >= 4 is 39.1 Å². The molecule has 2 aliphatic heterocycles. The molecule has 0 aliphatic carbocycles. The summed E-state index contributed by atoms with van der Waals surface area (Å²) in [5, 5.41) is 0. The van der Waals surface area contributed by atoms with E-state index in [0.717, 1.165) is 34.2 Å². The number of fused-ring (bicyclic) bond motifs is 2. The van der Waals surface area contributed by atoms with Gasteiger partial charge < -0.3 is 9.88 Å². The van der Waals surface area contributed by atoms with Crippen molar-refractivity contribution in [1.82, 2.24) is 14.8 Å². The summed E-state index contributed by atoms with van der Waals surface area (Å²) in [5.74, 6) is 0.121. The fraction of sp³-hybridized carbons (Fsp3) is 0.500. The lowest BCUT2D eigenvalue weighted by molar-refractivity contribution is 0.0566. The van der Waals surface area contributed by atoms with Gasteiger partial charge in [-0.25, -0.2) is 0 Å². The summed E-state index contributed by atoms with van der Waals surface area (Å²) >= 11 is 7.47. The van der Waals surface area contributed by atoms with E-state index in [4.69, 9.17) is 11.6 Å². The highest BCUT2D eigenvalue weighted by atomic mass is 35.5. The molecule has 4 rings (SSSR count). The van der Waals surface area contributed by atoms with Gasteiger partial charge in [-0.2, -0.15) is 0 Å². The van der Waals surface area contributed by atoms with Gasteiger partial charge in [0, 0.05) is 25.7 Å². The lowest BCUT2D eigenvalue weighted by Crippen LogP contribution is -2.52. The maximum absolute atomic E-state index is 12.6. The van der Waals surface area contributed by atoms with Crippen LogP contribution >= 0.6 is 22.9 Å². The topological polar surface area (TPSA) is 39.3 Å². The van der Waals surface area contributed by atoms with Gasteiger partial charge in [0.25, 0.3) is 5.91 Å². The number of carbonyl (C=O) groups is 1. The van der Waals surface area contributed by atoms with Crippen molar-refractivity contribution in [1.29, 1.82) is 0 Å². The summed E-state index contributed by atoms with van der Waals surface area (Å²) < 4.78 is 1.81. The highest BCUT2D eigenvalue weighted by molar-refractivity contribution is 7.22. The van der Waals surface area contributed by atoms with Crippen molar-refractivity contribution in [3.63, 3.8) is 0 Å². The average molecular weight is 310 g/mol. The molecule has 1 atom stereocenters. The van der Waals surface area contributed by atoms with Crippen molar-refractivity contribution in [2.75, 3.05) is 26.2 Å². The SMILES string of the molecule is O=C(c1cc2sc(Cl)cc2[nH]1)N1CCN2CCCC2C1. The number of carbonyl (C=O) groups excluding carboxylic acids is 1. The first-order chi connectivity index (χ1) is 9.70. The fourth-order valence-electron chi connectivity index (χ4n) is 3.35. The third-order valence-corrected chi connectivity index (χ3v) is 5.59. The Morgan fingerprint density at radius 2 is 2.25 bits per heavy atom. The number of halogens is 1. The van der Waals surface area contributed by atoms with E-state index >= 15 is 0 Å². The van der Waals surface area contributed by atoms with Crippen molar-refractivity contribution in [3.8, 4) is 0 Å². The number of hydrogen-bond acceptors (Lipinski definition) is 3. The van der Waals surface area contributed by atoms with Crippen molar-refractivity contribution in [3.05, 3.63) is 22.2 Å². The first-order valence-electron chi connectivity index (χ1n) is 7.02. The van der Waals surface area contributed by atoms with Crippen molar-refractivity contribution < 1.29 is 4.79 Å². The number of amides is 1. The van der Waals surface area contributed by atoms with E-state index < -0.39 is 0 Å². The van der Waals surface area contributed by atoms with E-state index in [-0.39, 0.29) is 5.91 Å². The van der Waals surface area contributed by atoms with Crippen LogP contribution in [0.25, 0.3) is 10.2 Å². The molecule has 0 spiro atoms. The molecule has 2 aromatic rings. The van der Waals surface area contributed by atoms with E-state index in [1.807, 2.05) is 17.0 Å². The van der Waals surface area contributed by atoms with Crippen LogP contribution < -0.4 is 0 Å². The van der Waals surface area contributed by atoms with Crippen LogP contribution in [-0.2, 0) is 0 Å². The number of aromatic amines is 1. The van der Waals surface area contributed by atoms with Gasteiger partial charge in [-0.3, -0.25) is 9.69 Å². The van der Waals surface area contributed by atoms with Crippen LogP contribution in [-0.4, -0.2) is 52.9 Å². The highest BCUT2D eigenvalue weighted by Crippen LogP contribution is 2.30. The molecule has 4 heterocycles. The molecule has 106 valence electrons. The van der Waals surface area contributed by atoms with E-state index in [9.17, 15) is 4.79 Å². The number of nitrogens with one attached hydrogen (secondary N) is 1.